The zero-order chi connectivity index (χ0) is 10.5. The van der Waals surface area contributed by atoms with E-state index >= 15 is 0 Å². The third-order valence-electron chi connectivity index (χ3n) is 1.78. The Hall–Kier alpha value is 0. The Kier molecular flexibility index (Phi) is 8.58. The average Bonchev–Trinajstić information content (AvgIpc) is 2.02. The topological polar surface area (TPSA) is 61.9 Å². The summed E-state index contributed by atoms with van der Waals surface area (Å²) in [4.78, 5) is 0.246. The molecule has 0 aromatic heterocycles. The van der Waals surface area contributed by atoms with Gasteiger partial charge in [-0.1, -0.05) is 13.3 Å². The van der Waals surface area contributed by atoms with Crippen molar-refractivity contribution in [2.45, 2.75) is 46.1 Å². The third-order valence-corrected chi connectivity index (χ3v) is 1.78. The minimum Gasteiger partial charge on any atom is -1.00 e. The van der Waals surface area contributed by atoms with Crippen LogP contribution in [0.4, 0.5) is 0 Å². The second kappa shape index (κ2) is 7.31. The molecule has 80 valence electrons. The first kappa shape index (κ1) is 16.4. The van der Waals surface area contributed by atoms with Crippen molar-refractivity contribution >= 4 is 0 Å². The van der Waals surface area contributed by atoms with Crippen molar-refractivity contribution in [1.82, 2.24) is 5.01 Å². The summed E-state index contributed by atoms with van der Waals surface area (Å²) in [6.07, 6.45) is 1.91. The summed E-state index contributed by atoms with van der Waals surface area (Å²) in [5.41, 5.74) is -0.316. The first-order valence-corrected chi connectivity index (χ1v) is 4.53. The molecule has 0 saturated heterocycles. The Labute approximate surface area is 109 Å². The number of hydrazine groups is 1. The Morgan fingerprint density at radius 3 is 2.29 bits per heavy atom. The van der Waals surface area contributed by atoms with Crippen LogP contribution in [-0.4, -0.2) is 27.3 Å². The molecule has 0 aromatic carbocycles. The minimum absolute atomic E-state index is 0. The van der Waals surface area contributed by atoms with Crippen LogP contribution in [0, 0.1) is 5.21 Å². The molecule has 0 spiro atoms. The second-order valence-corrected chi connectivity index (χ2v) is 3.99. The van der Waals surface area contributed by atoms with Gasteiger partial charge in [0.25, 0.3) is 0 Å². The van der Waals surface area contributed by atoms with E-state index in [2.05, 4.69) is 5.28 Å². The van der Waals surface area contributed by atoms with Gasteiger partial charge in [-0.3, -0.25) is 0 Å². The molecule has 0 aliphatic rings. The van der Waals surface area contributed by atoms with Crippen LogP contribution in [-0.2, 0) is 0 Å². The summed E-state index contributed by atoms with van der Waals surface area (Å²) in [6.45, 7) is 8.36. The molecule has 1 N–H and O–H groups in total. The van der Waals surface area contributed by atoms with Crippen molar-refractivity contribution < 1.29 is 41.2 Å². The minimum atomic E-state index is -0.316. The quantitative estimate of drug-likeness (QED) is 0.290. The first-order valence-electron chi connectivity index (χ1n) is 4.53. The van der Waals surface area contributed by atoms with Crippen molar-refractivity contribution in [2.24, 2.45) is 5.28 Å². The fourth-order valence-corrected chi connectivity index (χ4v) is 1.03. The molecule has 5 nitrogen and oxygen atoms in total. The summed E-state index contributed by atoms with van der Waals surface area (Å²) in [7, 11) is 0. The van der Waals surface area contributed by atoms with Crippen molar-refractivity contribution in [3.05, 3.63) is 5.21 Å². The van der Waals surface area contributed by atoms with Crippen molar-refractivity contribution in [1.29, 1.82) is 0 Å². The van der Waals surface area contributed by atoms with Gasteiger partial charge in [-0.25, -0.2) is 0 Å². The second-order valence-electron chi connectivity index (χ2n) is 3.99. The van der Waals surface area contributed by atoms with Gasteiger partial charge >= 0.3 is 29.6 Å². The predicted octanol–water partition coefficient (Wildman–Crippen LogP) is -0.730. The van der Waals surface area contributed by atoms with Crippen LogP contribution >= 0.6 is 0 Å². The largest absolute Gasteiger partial charge is 1.00 e. The summed E-state index contributed by atoms with van der Waals surface area (Å²) in [5, 5.41) is 23.5. The van der Waals surface area contributed by atoms with Gasteiger partial charge in [0, 0.05) is 0 Å². The molecule has 0 aliphatic heterocycles. The van der Waals surface area contributed by atoms with Crippen LogP contribution in [0.5, 0.6) is 0 Å². The molecular weight excluding hydrogens is 193 g/mol. The molecule has 0 rings (SSSR count). The predicted molar refractivity (Wildman–Crippen MR) is 50.3 cm³/mol. The normalized spacial score (nSPS) is 12.1. The van der Waals surface area contributed by atoms with Gasteiger partial charge in [-0.2, -0.15) is 0 Å². The zero-order valence-corrected chi connectivity index (χ0v) is 11.8. The van der Waals surface area contributed by atoms with E-state index in [0.717, 1.165) is 12.8 Å². The van der Waals surface area contributed by atoms with Gasteiger partial charge < -0.3 is 11.8 Å². The van der Waals surface area contributed by atoms with E-state index in [0.29, 0.717) is 6.54 Å². The Balaban J connectivity index is -0.000000720. The molecular formula is C8H20N3NaO2. The Bertz CT molecular complexity index is 185. The molecule has 0 fully saturated rings. The van der Waals surface area contributed by atoms with Crippen LogP contribution in [0.2, 0.25) is 0 Å². The SMILES string of the molecule is CCCCN([N+]([O-])=NO)C(C)(C)C.[H-].[Na+]. The van der Waals surface area contributed by atoms with E-state index in [9.17, 15) is 5.21 Å². The van der Waals surface area contributed by atoms with E-state index < -0.39 is 0 Å². The molecule has 0 radical (unpaired) electrons. The van der Waals surface area contributed by atoms with E-state index in [4.69, 9.17) is 5.21 Å². The molecule has 0 aromatic rings. The fourth-order valence-electron chi connectivity index (χ4n) is 1.03. The molecule has 0 aliphatic carbocycles. The molecule has 0 bridgehead atoms. The molecule has 0 atom stereocenters. The Morgan fingerprint density at radius 2 is 2.00 bits per heavy atom. The molecule has 0 heterocycles. The van der Waals surface area contributed by atoms with E-state index in [1.54, 1.807) is 0 Å². The fraction of sp³-hybridized carbons (Fsp3) is 1.00. The zero-order valence-electron chi connectivity index (χ0n) is 10.8. The van der Waals surface area contributed by atoms with Gasteiger partial charge in [-0.15, -0.1) is 5.01 Å². The van der Waals surface area contributed by atoms with Gasteiger partial charge in [0.15, 0.2) is 0 Å². The molecule has 0 amide bonds. The summed E-state index contributed by atoms with van der Waals surface area (Å²) in [5.74, 6) is 0. The van der Waals surface area contributed by atoms with Crippen LogP contribution in [0.15, 0.2) is 5.28 Å². The molecule has 0 saturated carbocycles. The third kappa shape index (κ3) is 5.67. The maximum absolute atomic E-state index is 11.1. The molecule has 6 heteroatoms. The van der Waals surface area contributed by atoms with Gasteiger partial charge in [-0.05, 0) is 27.2 Å². The number of nitrogens with zero attached hydrogens (tertiary/aromatic N) is 3. The van der Waals surface area contributed by atoms with Gasteiger partial charge in [0.2, 0.25) is 5.28 Å². The molecule has 0 unspecified atom stereocenters. The van der Waals surface area contributed by atoms with Crippen LogP contribution in [0.1, 0.15) is 42.0 Å². The maximum atomic E-state index is 11.1. The van der Waals surface area contributed by atoms with E-state index in [-0.39, 0.29) is 41.5 Å². The van der Waals surface area contributed by atoms with Gasteiger partial charge in [0.1, 0.15) is 0 Å². The van der Waals surface area contributed by atoms with Crippen LogP contribution in [0.3, 0.4) is 0 Å². The van der Waals surface area contributed by atoms with E-state index in [1.807, 2.05) is 27.7 Å². The van der Waals surface area contributed by atoms with Crippen LogP contribution < -0.4 is 29.6 Å². The van der Waals surface area contributed by atoms with Crippen molar-refractivity contribution in [2.75, 3.05) is 6.54 Å². The number of unbranched alkanes of at least 4 members (excludes halogenated alkanes) is 1. The van der Waals surface area contributed by atoms with Gasteiger partial charge in [0.05, 0.1) is 17.1 Å². The molecule has 14 heavy (non-hydrogen) atoms. The standard InChI is InChI=1S/C8H19N3O2.Na.H/c1-5-6-7-10(8(2,3)4)11(13)9-12;;/h12H,5-7H2,1-4H3;;/q;+1;-1. The summed E-state index contributed by atoms with van der Waals surface area (Å²) < 4.78 is 0. The first-order chi connectivity index (χ1) is 5.93. The Morgan fingerprint density at radius 1 is 1.50 bits per heavy atom. The summed E-state index contributed by atoms with van der Waals surface area (Å²) in [6, 6.07) is 0. The smallest absolute Gasteiger partial charge is 1.00 e. The average molecular weight is 213 g/mol. The number of rotatable bonds is 4. The number of hydrogen-bond donors (Lipinski definition) is 1. The van der Waals surface area contributed by atoms with Crippen molar-refractivity contribution in [3.63, 3.8) is 0 Å². The van der Waals surface area contributed by atoms with Crippen molar-refractivity contribution in [3.8, 4) is 0 Å². The summed E-state index contributed by atoms with van der Waals surface area (Å²) >= 11 is 0. The maximum Gasteiger partial charge on any atom is 1.00 e. The monoisotopic (exact) mass is 213 g/mol. The number of hydrogen-bond acceptors (Lipinski definition) is 2. The van der Waals surface area contributed by atoms with Crippen LogP contribution in [0.25, 0.3) is 0 Å². The van der Waals surface area contributed by atoms with E-state index in [1.165, 1.54) is 5.01 Å².